The lowest BCUT2D eigenvalue weighted by atomic mass is 10.1. The van der Waals surface area contributed by atoms with Crippen LogP contribution in [0.2, 0.25) is 0 Å². The number of carbonyl (C=O) groups excluding carboxylic acids is 1. The Morgan fingerprint density at radius 3 is 2.39 bits per heavy atom. The molecule has 0 fully saturated rings. The standard InChI is InChI=1S/C22H21N3O3/c1-14-9-10-18(22(27)28)12-20(14)25-15(2)11-19(16(25)3)13-23-24-21(26)17-7-5-4-6-8-17/h4-13H,1-3H3,(H,24,26)(H,27,28)/b23-13-. The number of carbonyl (C=O) groups is 2. The van der Waals surface area contributed by atoms with E-state index in [1.165, 1.54) is 0 Å². The van der Waals surface area contributed by atoms with Crippen molar-refractivity contribution in [3.05, 3.63) is 88.2 Å². The number of rotatable bonds is 5. The summed E-state index contributed by atoms with van der Waals surface area (Å²) in [5.41, 5.74) is 7.75. The summed E-state index contributed by atoms with van der Waals surface area (Å²) in [6, 6.07) is 15.9. The Balaban J connectivity index is 1.88. The van der Waals surface area contributed by atoms with E-state index in [1.54, 1.807) is 48.7 Å². The predicted molar refractivity (Wildman–Crippen MR) is 108 cm³/mol. The van der Waals surface area contributed by atoms with E-state index in [-0.39, 0.29) is 11.5 Å². The highest BCUT2D eigenvalue weighted by Gasteiger charge is 2.14. The van der Waals surface area contributed by atoms with Crippen molar-refractivity contribution < 1.29 is 14.7 Å². The first-order chi connectivity index (χ1) is 13.4. The van der Waals surface area contributed by atoms with Crippen LogP contribution in [0.4, 0.5) is 0 Å². The third-order valence-corrected chi connectivity index (χ3v) is 4.57. The molecule has 0 atom stereocenters. The van der Waals surface area contributed by atoms with Gasteiger partial charge < -0.3 is 9.67 Å². The number of carboxylic acid groups (broad SMARTS) is 1. The van der Waals surface area contributed by atoms with Crippen LogP contribution in [0, 0.1) is 20.8 Å². The molecule has 1 aromatic heterocycles. The molecule has 6 heteroatoms. The number of aryl methyl sites for hydroxylation is 2. The molecule has 28 heavy (non-hydrogen) atoms. The lowest BCUT2D eigenvalue weighted by Crippen LogP contribution is -2.17. The third-order valence-electron chi connectivity index (χ3n) is 4.57. The second-order valence-electron chi connectivity index (χ2n) is 6.53. The zero-order chi connectivity index (χ0) is 20.3. The number of hydrogen-bond acceptors (Lipinski definition) is 3. The van der Waals surface area contributed by atoms with E-state index in [9.17, 15) is 14.7 Å². The third kappa shape index (κ3) is 3.86. The molecule has 0 aliphatic rings. The summed E-state index contributed by atoms with van der Waals surface area (Å²) < 4.78 is 1.99. The molecule has 6 nitrogen and oxygen atoms in total. The fraction of sp³-hybridized carbons (Fsp3) is 0.136. The first kappa shape index (κ1) is 19.1. The van der Waals surface area contributed by atoms with Crippen molar-refractivity contribution in [2.24, 2.45) is 5.10 Å². The van der Waals surface area contributed by atoms with Gasteiger partial charge in [0.15, 0.2) is 0 Å². The molecular weight excluding hydrogens is 354 g/mol. The molecule has 2 N–H and O–H groups in total. The Bertz CT molecular complexity index is 1070. The van der Waals surface area contributed by atoms with Crippen LogP contribution in [-0.2, 0) is 0 Å². The van der Waals surface area contributed by atoms with Gasteiger partial charge in [-0.3, -0.25) is 4.79 Å². The van der Waals surface area contributed by atoms with Crippen LogP contribution >= 0.6 is 0 Å². The fourth-order valence-corrected chi connectivity index (χ4v) is 3.09. The number of nitrogens with zero attached hydrogens (tertiary/aromatic N) is 2. The molecule has 1 amide bonds. The van der Waals surface area contributed by atoms with Crippen molar-refractivity contribution in [2.45, 2.75) is 20.8 Å². The number of nitrogens with one attached hydrogen (secondary N) is 1. The van der Waals surface area contributed by atoms with Gasteiger partial charge in [0.1, 0.15) is 0 Å². The Kier molecular flexibility index (Phi) is 5.40. The van der Waals surface area contributed by atoms with Gasteiger partial charge in [0.2, 0.25) is 0 Å². The molecule has 142 valence electrons. The number of aromatic nitrogens is 1. The number of benzene rings is 2. The Labute approximate surface area is 163 Å². The van der Waals surface area contributed by atoms with E-state index in [0.717, 1.165) is 28.2 Å². The van der Waals surface area contributed by atoms with Crippen LogP contribution in [-0.4, -0.2) is 27.8 Å². The van der Waals surface area contributed by atoms with Gasteiger partial charge in [-0.2, -0.15) is 5.10 Å². The molecule has 0 unspecified atom stereocenters. The second kappa shape index (κ2) is 7.92. The van der Waals surface area contributed by atoms with Gasteiger partial charge in [-0.25, -0.2) is 10.2 Å². The molecule has 0 saturated carbocycles. The summed E-state index contributed by atoms with van der Waals surface area (Å²) in [5.74, 6) is -1.25. The van der Waals surface area contributed by atoms with Gasteiger partial charge in [-0.15, -0.1) is 0 Å². The average Bonchev–Trinajstić information content (AvgIpc) is 2.96. The molecule has 0 spiro atoms. The van der Waals surface area contributed by atoms with Gasteiger partial charge in [-0.05, 0) is 56.7 Å². The van der Waals surface area contributed by atoms with Crippen LogP contribution in [0.25, 0.3) is 5.69 Å². The van der Waals surface area contributed by atoms with E-state index >= 15 is 0 Å². The van der Waals surface area contributed by atoms with Crippen LogP contribution in [0.15, 0.2) is 59.7 Å². The van der Waals surface area contributed by atoms with E-state index in [1.807, 2.05) is 37.5 Å². The quantitative estimate of drug-likeness (QED) is 0.525. The number of carboxylic acids is 1. The Hall–Kier alpha value is -3.67. The van der Waals surface area contributed by atoms with Crippen LogP contribution < -0.4 is 5.43 Å². The Morgan fingerprint density at radius 1 is 1.00 bits per heavy atom. The van der Waals surface area contributed by atoms with Gasteiger partial charge in [0.25, 0.3) is 5.91 Å². The summed E-state index contributed by atoms with van der Waals surface area (Å²) in [6.07, 6.45) is 1.59. The first-order valence-electron chi connectivity index (χ1n) is 8.80. The number of aromatic carboxylic acids is 1. The van der Waals surface area contributed by atoms with Crippen molar-refractivity contribution in [1.29, 1.82) is 0 Å². The zero-order valence-corrected chi connectivity index (χ0v) is 15.9. The second-order valence-corrected chi connectivity index (χ2v) is 6.53. The van der Waals surface area contributed by atoms with Gasteiger partial charge >= 0.3 is 5.97 Å². The van der Waals surface area contributed by atoms with Crippen LogP contribution in [0.5, 0.6) is 0 Å². The molecule has 0 bridgehead atoms. The maximum Gasteiger partial charge on any atom is 0.335 e. The molecule has 3 aromatic rings. The van der Waals surface area contributed by atoms with Crippen LogP contribution in [0.3, 0.4) is 0 Å². The van der Waals surface area contributed by atoms with Crippen molar-refractivity contribution >= 4 is 18.1 Å². The number of hydrazone groups is 1. The average molecular weight is 375 g/mol. The van der Waals surface area contributed by atoms with Crippen molar-refractivity contribution in [3.63, 3.8) is 0 Å². The summed E-state index contributed by atoms with van der Waals surface area (Å²) in [6.45, 7) is 5.81. The minimum absolute atomic E-state index is 0.235. The maximum atomic E-state index is 12.1. The largest absolute Gasteiger partial charge is 0.478 e. The minimum atomic E-state index is -0.964. The molecular formula is C22H21N3O3. The first-order valence-corrected chi connectivity index (χ1v) is 8.80. The fourth-order valence-electron chi connectivity index (χ4n) is 3.09. The van der Waals surface area contributed by atoms with Gasteiger partial charge in [0.05, 0.1) is 11.8 Å². The van der Waals surface area contributed by atoms with Crippen molar-refractivity contribution in [1.82, 2.24) is 9.99 Å². The summed E-state index contributed by atoms with van der Waals surface area (Å²) in [4.78, 5) is 23.4. The summed E-state index contributed by atoms with van der Waals surface area (Å²) >= 11 is 0. The van der Waals surface area contributed by atoms with Gasteiger partial charge in [0, 0.05) is 28.2 Å². The molecule has 0 aliphatic carbocycles. The summed E-state index contributed by atoms with van der Waals surface area (Å²) in [5, 5.41) is 13.3. The highest BCUT2D eigenvalue weighted by molar-refractivity contribution is 5.95. The minimum Gasteiger partial charge on any atom is -0.478 e. The molecule has 0 radical (unpaired) electrons. The van der Waals surface area contributed by atoms with E-state index in [2.05, 4.69) is 10.5 Å². The topological polar surface area (TPSA) is 83.7 Å². The van der Waals surface area contributed by atoms with E-state index in [0.29, 0.717) is 5.56 Å². The molecule has 0 aliphatic heterocycles. The lowest BCUT2D eigenvalue weighted by molar-refractivity contribution is 0.0696. The van der Waals surface area contributed by atoms with Crippen molar-refractivity contribution in [3.8, 4) is 5.69 Å². The lowest BCUT2D eigenvalue weighted by Gasteiger charge is -2.13. The molecule has 3 rings (SSSR count). The van der Waals surface area contributed by atoms with Crippen LogP contribution in [0.1, 0.15) is 43.2 Å². The zero-order valence-electron chi connectivity index (χ0n) is 15.9. The molecule has 2 aromatic carbocycles. The molecule has 1 heterocycles. The highest BCUT2D eigenvalue weighted by atomic mass is 16.4. The van der Waals surface area contributed by atoms with Crippen molar-refractivity contribution in [2.75, 3.05) is 0 Å². The number of amides is 1. The number of hydrogen-bond donors (Lipinski definition) is 2. The highest BCUT2D eigenvalue weighted by Crippen LogP contribution is 2.23. The molecule has 0 saturated heterocycles. The summed E-state index contributed by atoms with van der Waals surface area (Å²) in [7, 11) is 0. The maximum absolute atomic E-state index is 12.1. The smallest absolute Gasteiger partial charge is 0.335 e. The van der Waals surface area contributed by atoms with E-state index in [4.69, 9.17) is 0 Å². The Morgan fingerprint density at radius 2 is 1.71 bits per heavy atom. The normalized spacial score (nSPS) is 11.0. The van der Waals surface area contributed by atoms with Gasteiger partial charge in [-0.1, -0.05) is 24.3 Å². The van der Waals surface area contributed by atoms with E-state index < -0.39 is 5.97 Å². The predicted octanol–water partition coefficient (Wildman–Crippen LogP) is 3.86. The monoisotopic (exact) mass is 375 g/mol. The SMILES string of the molecule is Cc1ccc(C(=O)O)cc1-n1c(C)cc(/C=N\NC(=O)c2ccccc2)c1C.